The van der Waals surface area contributed by atoms with E-state index in [9.17, 15) is 4.79 Å². The van der Waals surface area contributed by atoms with Gasteiger partial charge >= 0.3 is 0 Å². The normalized spacial score (nSPS) is 12.8. The van der Waals surface area contributed by atoms with Gasteiger partial charge in [0.2, 0.25) is 5.91 Å². The molecule has 2 rings (SSSR count). The van der Waals surface area contributed by atoms with Crippen molar-refractivity contribution in [3.05, 3.63) is 22.6 Å². The fourth-order valence-corrected chi connectivity index (χ4v) is 2.29. The number of rotatable bonds is 3. The van der Waals surface area contributed by atoms with E-state index in [2.05, 4.69) is 9.97 Å². The Hall–Kier alpha value is -1.69. The Labute approximate surface area is 104 Å². The molecule has 1 unspecified atom stereocenters. The van der Waals surface area contributed by atoms with Gasteiger partial charge in [-0.3, -0.25) is 9.36 Å². The fraction of sp³-hybridized carbons (Fsp3) is 0.364. The number of carbonyl (C=O) groups excluding carboxylic acids is 1. The largest absolute Gasteiger partial charge is 0.370 e. The summed E-state index contributed by atoms with van der Waals surface area (Å²) >= 11 is 5.24. The first-order valence-corrected chi connectivity index (χ1v) is 5.75. The van der Waals surface area contributed by atoms with E-state index in [1.54, 1.807) is 6.20 Å². The smallest absolute Gasteiger partial charge is 0.219 e. The number of nitrogens with two attached hydrogens (primary N) is 1. The highest BCUT2D eigenvalue weighted by molar-refractivity contribution is 7.71. The zero-order valence-electron chi connectivity index (χ0n) is 9.73. The van der Waals surface area contributed by atoms with Gasteiger partial charge in [-0.1, -0.05) is 0 Å². The zero-order chi connectivity index (χ0) is 12.6. The summed E-state index contributed by atoms with van der Waals surface area (Å²) in [5, 5.41) is 0. The van der Waals surface area contributed by atoms with Crippen molar-refractivity contribution in [2.75, 3.05) is 0 Å². The monoisotopic (exact) mass is 250 g/mol. The molecule has 17 heavy (non-hydrogen) atoms. The van der Waals surface area contributed by atoms with Crippen LogP contribution in [0, 0.1) is 11.7 Å². The molecule has 1 amide bonds. The first-order valence-electron chi connectivity index (χ1n) is 5.34. The molecule has 90 valence electrons. The minimum Gasteiger partial charge on any atom is -0.370 e. The number of carbonyl (C=O) groups is 1. The standard InChI is InChI=1S/C11H14N4OS/c1-6-3-8-10(13-5-6)15(11(17)14-8)7(2)4-9(12)16/h3,5,7H,4H2,1-2H3,(H2,12,16)(H,14,17). The third-order valence-corrected chi connectivity index (χ3v) is 2.93. The molecule has 0 saturated heterocycles. The Morgan fingerprint density at radius 3 is 3.06 bits per heavy atom. The number of aromatic nitrogens is 3. The number of hydrogen-bond donors (Lipinski definition) is 2. The number of imidazole rings is 1. The summed E-state index contributed by atoms with van der Waals surface area (Å²) in [7, 11) is 0. The molecule has 1 atom stereocenters. The zero-order valence-corrected chi connectivity index (χ0v) is 10.5. The molecular weight excluding hydrogens is 236 g/mol. The van der Waals surface area contributed by atoms with Crippen LogP contribution in [0.4, 0.5) is 0 Å². The number of pyridine rings is 1. The third-order valence-electron chi connectivity index (χ3n) is 2.63. The molecule has 3 N–H and O–H groups in total. The van der Waals surface area contributed by atoms with Gasteiger partial charge in [-0.05, 0) is 37.7 Å². The molecule has 0 saturated carbocycles. The lowest BCUT2D eigenvalue weighted by Crippen LogP contribution is -2.17. The lowest BCUT2D eigenvalue weighted by Gasteiger charge is -2.11. The molecule has 0 fully saturated rings. The van der Waals surface area contributed by atoms with Gasteiger partial charge in [0.25, 0.3) is 0 Å². The van der Waals surface area contributed by atoms with Gasteiger partial charge in [-0.2, -0.15) is 0 Å². The predicted molar refractivity (Wildman–Crippen MR) is 68.2 cm³/mol. The van der Waals surface area contributed by atoms with Crippen LogP contribution in [0.2, 0.25) is 0 Å². The Balaban J connectivity index is 2.57. The summed E-state index contributed by atoms with van der Waals surface area (Å²) in [5.74, 6) is -0.346. The summed E-state index contributed by atoms with van der Waals surface area (Å²) in [5.41, 5.74) is 7.90. The molecule has 0 aliphatic heterocycles. The van der Waals surface area contributed by atoms with Crippen molar-refractivity contribution in [2.24, 2.45) is 5.73 Å². The minimum absolute atomic E-state index is 0.0936. The molecule has 2 aromatic rings. The first kappa shape index (κ1) is 11.8. The Bertz CT molecular complexity index is 628. The van der Waals surface area contributed by atoms with Crippen molar-refractivity contribution >= 4 is 29.3 Å². The van der Waals surface area contributed by atoms with E-state index < -0.39 is 0 Å². The van der Waals surface area contributed by atoms with E-state index in [1.165, 1.54) is 0 Å². The topological polar surface area (TPSA) is 76.7 Å². The molecule has 0 aliphatic rings. The highest BCUT2D eigenvalue weighted by atomic mass is 32.1. The number of aromatic amines is 1. The van der Waals surface area contributed by atoms with Crippen LogP contribution < -0.4 is 5.73 Å². The number of amides is 1. The summed E-state index contributed by atoms with van der Waals surface area (Å²) in [6.07, 6.45) is 2.02. The van der Waals surface area contributed by atoms with Gasteiger partial charge in [-0.15, -0.1) is 0 Å². The van der Waals surface area contributed by atoms with Crippen molar-refractivity contribution < 1.29 is 4.79 Å². The van der Waals surface area contributed by atoms with Gasteiger partial charge in [-0.25, -0.2) is 4.98 Å². The van der Waals surface area contributed by atoms with Crippen LogP contribution in [0.3, 0.4) is 0 Å². The van der Waals surface area contributed by atoms with Crippen LogP contribution in [0.25, 0.3) is 11.2 Å². The molecule has 2 aromatic heterocycles. The maximum absolute atomic E-state index is 11.0. The van der Waals surface area contributed by atoms with E-state index in [0.29, 0.717) is 4.77 Å². The van der Waals surface area contributed by atoms with Gasteiger partial charge < -0.3 is 10.7 Å². The van der Waals surface area contributed by atoms with E-state index in [0.717, 1.165) is 16.7 Å². The summed E-state index contributed by atoms with van der Waals surface area (Å²) in [6.45, 7) is 3.86. The molecule has 5 nitrogen and oxygen atoms in total. The van der Waals surface area contributed by atoms with Crippen LogP contribution >= 0.6 is 12.2 Å². The van der Waals surface area contributed by atoms with Crippen LogP contribution in [0.15, 0.2) is 12.3 Å². The molecular formula is C11H14N4OS. The second-order valence-corrected chi connectivity index (χ2v) is 4.59. The fourth-order valence-electron chi connectivity index (χ4n) is 1.91. The van der Waals surface area contributed by atoms with Crippen LogP contribution in [-0.2, 0) is 4.79 Å². The lowest BCUT2D eigenvalue weighted by molar-refractivity contribution is -0.118. The van der Waals surface area contributed by atoms with Crippen molar-refractivity contribution in [3.63, 3.8) is 0 Å². The minimum atomic E-state index is -0.346. The Kier molecular flexibility index (Phi) is 2.97. The third kappa shape index (κ3) is 2.21. The van der Waals surface area contributed by atoms with E-state index >= 15 is 0 Å². The van der Waals surface area contributed by atoms with Gasteiger partial charge in [0.1, 0.15) is 0 Å². The number of primary amides is 1. The highest BCUT2D eigenvalue weighted by Gasteiger charge is 2.14. The number of fused-ring (bicyclic) bond motifs is 1. The number of hydrogen-bond acceptors (Lipinski definition) is 3. The Morgan fingerprint density at radius 1 is 1.71 bits per heavy atom. The molecule has 0 aliphatic carbocycles. The molecule has 0 spiro atoms. The molecule has 0 radical (unpaired) electrons. The number of nitrogens with one attached hydrogen (secondary N) is 1. The molecule has 2 heterocycles. The van der Waals surface area contributed by atoms with Gasteiger partial charge in [0.05, 0.1) is 5.52 Å². The average molecular weight is 250 g/mol. The second kappa shape index (κ2) is 4.29. The van der Waals surface area contributed by atoms with Crippen molar-refractivity contribution in [1.29, 1.82) is 0 Å². The summed E-state index contributed by atoms with van der Waals surface area (Å²) < 4.78 is 2.39. The Morgan fingerprint density at radius 2 is 2.41 bits per heavy atom. The molecule has 6 heteroatoms. The van der Waals surface area contributed by atoms with E-state index in [-0.39, 0.29) is 18.4 Å². The molecule has 0 bridgehead atoms. The van der Waals surface area contributed by atoms with Crippen LogP contribution in [0.5, 0.6) is 0 Å². The van der Waals surface area contributed by atoms with Crippen LogP contribution in [0.1, 0.15) is 24.9 Å². The van der Waals surface area contributed by atoms with Gasteiger partial charge in [0.15, 0.2) is 10.4 Å². The number of aryl methyl sites for hydroxylation is 1. The number of H-pyrrole nitrogens is 1. The number of nitrogens with zero attached hydrogens (tertiary/aromatic N) is 2. The first-order chi connectivity index (χ1) is 7.99. The van der Waals surface area contributed by atoms with Crippen molar-refractivity contribution in [2.45, 2.75) is 26.3 Å². The quantitative estimate of drug-likeness (QED) is 0.816. The van der Waals surface area contributed by atoms with Gasteiger partial charge in [0, 0.05) is 18.7 Å². The predicted octanol–water partition coefficient (Wildman–Crippen LogP) is 1.84. The van der Waals surface area contributed by atoms with E-state index in [1.807, 2.05) is 24.5 Å². The second-order valence-electron chi connectivity index (χ2n) is 4.20. The van der Waals surface area contributed by atoms with Crippen LogP contribution in [-0.4, -0.2) is 20.4 Å². The average Bonchev–Trinajstić information content (AvgIpc) is 2.51. The summed E-state index contributed by atoms with van der Waals surface area (Å²) in [4.78, 5) is 18.4. The SMILES string of the molecule is Cc1cnc2c(c1)[nH]c(=S)n2C(C)CC(N)=O. The maximum Gasteiger partial charge on any atom is 0.219 e. The highest BCUT2D eigenvalue weighted by Crippen LogP contribution is 2.19. The lowest BCUT2D eigenvalue weighted by atomic mass is 10.2. The molecule has 0 aromatic carbocycles. The maximum atomic E-state index is 11.0. The van der Waals surface area contributed by atoms with Crippen molar-refractivity contribution in [1.82, 2.24) is 14.5 Å². The van der Waals surface area contributed by atoms with Crippen molar-refractivity contribution in [3.8, 4) is 0 Å². The summed E-state index contributed by atoms with van der Waals surface area (Å²) in [6, 6.07) is 1.88. The van der Waals surface area contributed by atoms with E-state index in [4.69, 9.17) is 18.0 Å².